The second kappa shape index (κ2) is 8.82. The minimum Gasteiger partial charge on any atom is -0.406 e. The van der Waals surface area contributed by atoms with Crippen LogP contribution in [0.3, 0.4) is 0 Å². The third-order valence-electron chi connectivity index (χ3n) is 6.74. The first-order valence-electron chi connectivity index (χ1n) is 10.6. The summed E-state index contributed by atoms with van der Waals surface area (Å²) in [7, 11) is 2.12. The Morgan fingerprint density at radius 2 is 1.76 bits per heavy atom. The molecular formula is C22H33F3N2O2. The maximum atomic E-state index is 12.7. The number of rotatable bonds is 5. The predicted molar refractivity (Wildman–Crippen MR) is 107 cm³/mol. The molecule has 1 aliphatic heterocycles. The van der Waals surface area contributed by atoms with Gasteiger partial charge in [0.2, 0.25) is 0 Å². The highest BCUT2D eigenvalue weighted by molar-refractivity contribution is 5.33. The molecule has 2 fully saturated rings. The first-order chi connectivity index (χ1) is 13.6. The average Bonchev–Trinajstić information content (AvgIpc) is 2.63. The predicted octanol–water partition coefficient (Wildman–Crippen LogP) is 4.39. The van der Waals surface area contributed by atoms with Gasteiger partial charge in [0, 0.05) is 37.6 Å². The van der Waals surface area contributed by atoms with Gasteiger partial charge in [-0.1, -0.05) is 31.4 Å². The van der Waals surface area contributed by atoms with Crippen LogP contribution in [0.4, 0.5) is 13.2 Å². The highest BCUT2D eigenvalue weighted by Crippen LogP contribution is 2.42. The molecule has 1 saturated carbocycles. The van der Waals surface area contributed by atoms with Crippen molar-refractivity contribution in [2.45, 2.75) is 75.9 Å². The van der Waals surface area contributed by atoms with Gasteiger partial charge in [-0.05, 0) is 51.4 Å². The van der Waals surface area contributed by atoms with Crippen LogP contribution < -0.4 is 4.74 Å². The van der Waals surface area contributed by atoms with E-state index in [4.69, 9.17) is 0 Å². The van der Waals surface area contributed by atoms with E-state index in [1.807, 2.05) is 6.07 Å². The fourth-order valence-corrected chi connectivity index (χ4v) is 4.95. The van der Waals surface area contributed by atoms with Crippen molar-refractivity contribution in [2.75, 3.05) is 26.7 Å². The molecule has 164 valence electrons. The van der Waals surface area contributed by atoms with Gasteiger partial charge >= 0.3 is 6.36 Å². The van der Waals surface area contributed by atoms with E-state index in [9.17, 15) is 18.3 Å². The van der Waals surface area contributed by atoms with Gasteiger partial charge in [0.1, 0.15) is 5.75 Å². The summed E-state index contributed by atoms with van der Waals surface area (Å²) in [6.07, 6.45) is -0.378. The zero-order valence-electron chi connectivity index (χ0n) is 17.6. The zero-order chi connectivity index (χ0) is 21.2. The van der Waals surface area contributed by atoms with E-state index in [1.54, 1.807) is 6.07 Å². The van der Waals surface area contributed by atoms with Crippen LogP contribution in [0.2, 0.25) is 0 Å². The van der Waals surface area contributed by atoms with Crippen LogP contribution in [0.1, 0.15) is 57.4 Å². The number of benzene rings is 1. The topological polar surface area (TPSA) is 35.9 Å². The number of alkyl halides is 3. The number of halogens is 3. The van der Waals surface area contributed by atoms with Gasteiger partial charge in [0.25, 0.3) is 0 Å². The molecule has 1 saturated heterocycles. The summed E-state index contributed by atoms with van der Waals surface area (Å²) in [5.41, 5.74) is -0.180. The van der Waals surface area contributed by atoms with Gasteiger partial charge in [-0.15, -0.1) is 13.2 Å². The van der Waals surface area contributed by atoms with Gasteiger partial charge < -0.3 is 9.84 Å². The Hall–Kier alpha value is -1.31. The van der Waals surface area contributed by atoms with Crippen molar-refractivity contribution >= 4 is 0 Å². The van der Waals surface area contributed by atoms with E-state index < -0.39 is 12.0 Å². The molecule has 0 unspecified atom stereocenters. The normalized spacial score (nSPS) is 27.6. The Labute approximate surface area is 171 Å². The van der Waals surface area contributed by atoms with E-state index in [-0.39, 0.29) is 11.7 Å². The highest BCUT2D eigenvalue weighted by Gasteiger charge is 2.41. The molecule has 7 heteroatoms. The van der Waals surface area contributed by atoms with Gasteiger partial charge in [-0.25, -0.2) is 0 Å². The smallest absolute Gasteiger partial charge is 0.406 e. The van der Waals surface area contributed by atoms with Crippen molar-refractivity contribution in [2.24, 2.45) is 0 Å². The van der Waals surface area contributed by atoms with Crippen LogP contribution in [0.5, 0.6) is 5.75 Å². The molecule has 1 aromatic rings. The highest BCUT2D eigenvalue weighted by atomic mass is 19.4. The number of likely N-dealkylation sites (N-methyl/N-ethyl adjacent to an activating group) is 1. The largest absolute Gasteiger partial charge is 0.573 e. The molecule has 29 heavy (non-hydrogen) atoms. The molecule has 3 atom stereocenters. The van der Waals surface area contributed by atoms with E-state index >= 15 is 0 Å². The van der Waals surface area contributed by atoms with Crippen molar-refractivity contribution in [3.8, 4) is 5.75 Å². The lowest BCUT2D eigenvalue weighted by Gasteiger charge is -2.46. The Kier molecular flexibility index (Phi) is 6.81. The van der Waals surface area contributed by atoms with Gasteiger partial charge in [-0.3, -0.25) is 9.80 Å². The van der Waals surface area contributed by atoms with Crippen molar-refractivity contribution in [3.63, 3.8) is 0 Å². The molecule has 3 rings (SSSR count). The van der Waals surface area contributed by atoms with Crippen LogP contribution in [0.25, 0.3) is 0 Å². The van der Waals surface area contributed by atoms with Crippen LogP contribution in [0, 0.1) is 0 Å². The maximum absolute atomic E-state index is 12.7. The standard InChI is InChI=1S/C22H33F3N2O2/c1-16-13-27(14-17(2)26(16)3)15-20(21(28)10-5-4-6-11-21)18-8-7-9-19(12-18)29-22(23,24)25/h7-9,12,16-17,20,28H,4-6,10-11,13-15H2,1-3H3/t16-,17+,20-/m1/s1. The number of hydrogen-bond donors (Lipinski definition) is 1. The lowest BCUT2D eigenvalue weighted by molar-refractivity contribution is -0.274. The molecule has 4 nitrogen and oxygen atoms in total. The zero-order valence-corrected chi connectivity index (χ0v) is 17.6. The summed E-state index contributed by atoms with van der Waals surface area (Å²) < 4.78 is 42.3. The molecule has 1 N–H and O–H groups in total. The van der Waals surface area contributed by atoms with Gasteiger partial charge in [0.15, 0.2) is 0 Å². The molecule has 0 spiro atoms. The molecule has 2 aliphatic rings. The monoisotopic (exact) mass is 414 g/mol. The van der Waals surface area contributed by atoms with Crippen LogP contribution in [0.15, 0.2) is 24.3 Å². The molecule has 0 aromatic heterocycles. The van der Waals surface area contributed by atoms with E-state index in [0.29, 0.717) is 31.5 Å². The number of nitrogens with zero attached hydrogens (tertiary/aromatic N) is 2. The second-order valence-electron chi connectivity index (χ2n) is 8.92. The van der Waals surface area contributed by atoms with Crippen molar-refractivity contribution in [1.29, 1.82) is 0 Å². The lowest BCUT2D eigenvalue weighted by atomic mass is 9.72. The fraction of sp³-hybridized carbons (Fsp3) is 0.727. The molecule has 0 bridgehead atoms. The van der Waals surface area contributed by atoms with Crippen molar-refractivity contribution in [1.82, 2.24) is 9.80 Å². The SMILES string of the molecule is C[C@@H]1CN(C[C@H](c2cccc(OC(F)(F)F)c2)C2(O)CCCCC2)C[C@H](C)N1C. The Morgan fingerprint density at radius 1 is 1.14 bits per heavy atom. The summed E-state index contributed by atoms with van der Waals surface area (Å²) in [4.78, 5) is 4.70. The maximum Gasteiger partial charge on any atom is 0.573 e. The van der Waals surface area contributed by atoms with E-state index in [0.717, 1.165) is 37.9 Å². The first-order valence-corrected chi connectivity index (χ1v) is 10.6. The Balaban J connectivity index is 1.87. The van der Waals surface area contributed by atoms with Gasteiger partial charge in [-0.2, -0.15) is 0 Å². The Bertz CT molecular complexity index is 664. The minimum absolute atomic E-state index is 0.223. The second-order valence-corrected chi connectivity index (χ2v) is 8.92. The first kappa shape index (κ1) is 22.4. The van der Waals surface area contributed by atoms with E-state index in [1.165, 1.54) is 12.1 Å². The lowest BCUT2D eigenvalue weighted by Crippen LogP contribution is -2.57. The molecule has 1 aliphatic carbocycles. The average molecular weight is 415 g/mol. The Morgan fingerprint density at radius 3 is 2.34 bits per heavy atom. The molecule has 0 radical (unpaired) electrons. The van der Waals surface area contributed by atoms with Crippen LogP contribution in [-0.4, -0.2) is 65.6 Å². The fourth-order valence-electron chi connectivity index (χ4n) is 4.95. The summed E-state index contributed by atoms with van der Waals surface area (Å²) in [5.74, 6) is -0.470. The van der Waals surface area contributed by atoms with Crippen LogP contribution >= 0.6 is 0 Å². The molecule has 1 heterocycles. The van der Waals surface area contributed by atoms with Gasteiger partial charge in [0.05, 0.1) is 5.60 Å². The summed E-state index contributed by atoms with van der Waals surface area (Å²) in [6.45, 7) is 6.77. The summed E-state index contributed by atoms with van der Waals surface area (Å²) >= 11 is 0. The minimum atomic E-state index is -4.72. The van der Waals surface area contributed by atoms with E-state index in [2.05, 4.69) is 35.4 Å². The third-order valence-corrected chi connectivity index (χ3v) is 6.74. The summed E-state index contributed by atoms with van der Waals surface area (Å²) in [5, 5.41) is 11.5. The number of hydrogen-bond acceptors (Lipinski definition) is 4. The molecule has 0 amide bonds. The van der Waals surface area contributed by atoms with Crippen molar-refractivity contribution in [3.05, 3.63) is 29.8 Å². The number of piperazine rings is 1. The molecular weight excluding hydrogens is 381 g/mol. The summed E-state index contributed by atoms with van der Waals surface area (Å²) in [6, 6.07) is 6.96. The number of aliphatic hydroxyl groups is 1. The van der Waals surface area contributed by atoms with Crippen molar-refractivity contribution < 1.29 is 23.0 Å². The third kappa shape index (κ3) is 5.64. The van der Waals surface area contributed by atoms with Crippen LogP contribution in [-0.2, 0) is 0 Å². The molecule has 1 aromatic carbocycles. The quantitative estimate of drug-likeness (QED) is 0.775. The number of ether oxygens (including phenoxy) is 1.